The number of ether oxygens (including phenoxy) is 1. The van der Waals surface area contributed by atoms with E-state index < -0.39 is 4.92 Å². The molecule has 2 aromatic carbocycles. The first kappa shape index (κ1) is 15.9. The molecule has 0 atom stereocenters. The van der Waals surface area contributed by atoms with Gasteiger partial charge in [-0.15, -0.1) is 0 Å². The zero-order valence-electron chi connectivity index (χ0n) is 10.9. The van der Waals surface area contributed by atoms with Crippen molar-refractivity contribution in [3.8, 4) is 5.75 Å². The minimum atomic E-state index is -0.434. The molecule has 2 aromatic rings. The Hall–Kier alpha value is -1.44. The Morgan fingerprint density at radius 1 is 1.14 bits per heavy atom. The molecule has 0 saturated heterocycles. The fourth-order valence-electron chi connectivity index (χ4n) is 1.77. The summed E-state index contributed by atoms with van der Waals surface area (Å²) in [6, 6.07) is 10.2. The lowest BCUT2D eigenvalue weighted by Crippen LogP contribution is -2.03. The molecular weight excluding hydrogens is 404 g/mol. The summed E-state index contributed by atoms with van der Waals surface area (Å²) in [6.45, 7) is 0.670. The molecule has 21 heavy (non-hydrogen) atoms. The van der Waals surface area contributed by atoms with E-state index in [-0.39, 0.29) is 5.69 Å². The van der Waals surface area contributed by atoms with Crippen LogP contribution in [0.5, 0.6) is 5.75 Å². The van der Waals surface area contributed by atoms with Crippen LogP contribution in [0.2, 0.25) is 0 Å². The smallest absolute Gasteiger partial charge is 0.270 e. The number of nitrogens with two attached hydrogens (primary N) is 1. The van der Waals surface area contributed by atoms with Crippen molar-refractivity contribution in [2.24, 2.45) is 5.73 Å². The summed E-state index contributed by atoms with van der Waals surface area (Å²) >= 11 is 6.70. The molecule has 0 saturated carbocycles. The highest BCUT2D eigenvalue weighted by atomic mass is 79.9. The second-order valence-electron chi connectivity index (χ2n) is 4.28. The summed E-state index contributed by atoms with van der Waals surface area (Å²) < 4.78 is 7.33. The molecule has 0 aromatic heterocycles. The molecule has 0 aliphatic rings. The van der Waals surface area contributed by atoms with E-state index in [1.165, 1.54) is 12.1 Å². The molecule has 0 spiro atoms. The third kappa shape index (κ3) is 4.03. The van der Waals surface area contributed by atoms with Crippen molar-refractivity contribution in [3.63, 3.8) is 0 Å². The number of benzene rings is 2. The Morgan fingerprint density at radius 3 is 2.52 bits per heavy atom. The van der Waals surface area contributed by atoms with Gasteiger partial charge in [-0.3, -0.25) is 10.1 Å². The van der Waals surface area contributed by atoms with Crippen molar-refractivity contribution in [1.29, 1.82) is 0 Å². The average Bonchev–Trinajstić information content (AvgIpc) is 2.46. The first-order chi connectivity index (χ1) is 10.0. The Morgan fingerprint density at radius 2 is 1.90 bits per heavy atom. The molecule has 5 nitrogen and oxygen atoms in total. The van der Waals surface area contributed by atoms with Crippen LogP contribution in [0, 0.1) is 10.1 Å². The van der Waals surface area contributed by atoms with Gasteiger partial charge in [-0.2, -0.15) is 0 Å². The molecule has 2 rings (SSSR count). The van der Waals surface area contributed by atoms with E-state index in [1.807, 2.05) is 18.2 Å². The van der Waals surface area contributed by atoms with Gasteiger partial charge in [0.25, 0.3) is 5.69 Å². The number of non-ortho nitro benzene ring substituents is 1. The maximum Gasteiger partial charge on any atom is 0.270 e. The van der Waals surface area contributed by atoms with E-state index in [2.05, 4.69) is 31.9 Å². The Balaban J connectivity index is 2.15. The SMILES string of the molecule is NCc1cc(Br)ccc1OCc1ccc([N+](=O)[O-])cc1Br. The van der Waals surface area contributed by atoms with E-state index in [0.717, 1.165) is 15.6 Å². The third-order valence-corrected chi connectivity index (χ3v) is 4.10. The normalized spacial score (nSPS) is 10.4. The standard InChI is InChI=1S/C14H12Br2N2O3/c15-11-2-4-14(10(5-11)7-17)21-8-9-1-3-12(18(19)20)6-13(9)16/h1-6H,7-8,17H2. The molecule has 0 unspecified atom stereocenters. The van der Waals surface area contributed by atoms with Crippen LogP contribution in [0.3, 0.4) is 0 Å². The summed E-state index contributed by atoms with van der Waals surface area (Å²) in [6.07, 6.45) is 0. The van der Waals surface area contributed by atoms with Gasteiger partial charge in [0, 0.05) is 38.7 Å². The van der Waals surface area contributed by atoms with Gasteiger partial charge in [0.2, 0.25) is 0 Å². The Bertz CT molecular complexity index is 677. The van der Waals surface area contributed by atoms with Gasteiger partial charge >= 0.3 is 0 Å². The summed E-state index contributed by atoms with van der Waals surface area (Å²) in [5.74, 6) is 0.700. The average molecular weight is 416 g/mol. The van der Waals surface area contributed by atoms with E-state index in [1.54, 1.807) is 6.07 Å². The van der Waals surface area contributed by atoms with Crippen LogP contribution in [0.4, 0.5) is 5.69 Å². The number of hydrogen-bond donors (Lipinski definition) is 1. The van der Waals surface area contributed by atoms with Crippen LogP contribution in [0.1, 0.15) is 11.1 Å². The van der Waals surface area contributed by atoms with Crippen LogP contribution >= 0.6 is 31.9 Å². The molecule has 0 heterocycles. The van der Waals surface area contributed by atoms with Crippen molar-refractivity contribution >= 4 is 37.5 Å². The number of nitro groups is 1. The molecule has 110 valence electrons. The van der Waals surface area contributed by atoms with Gasteiger partial charge in [-0.1, -0.05) is 31.9 Å². The second kappa shape index (κ2) is 7.02. The molecular formula is C14H12Br2N2O3. The molecule has 7 heteroatoms. The number of rotatable bonds is 5. The highest BCUT2D eigenvalue weighted by Crippen LogP contribution is 2.27. The van der Waals surface area contributed by atoms with Gasteiger partial charge in [-0.25, -0.2) is 0 Å². The molecule has 0 aliphatic heterocycles. The number of halogens is 2. The lowest BCUT2D eigenvalue weighted by molar-refractivity contribution is -0.384. The van der Waals surface area contributed by atoms with Crippen molar-refractivity contribution in [2.75, 3.05) is 0 Å². The third-order valence-electron chi connectivity index (χ3n) is 2.87. The number of nitrogens with zero attached hydrogens (tertiary/aromatic N) is 1. The zero-order valence-corrected chi connectivity index (χ0v) is 14.1. The highest BCUT2D eigenvalue weighted by Gasteiger charge is 2.10. The summed E-state index contributed by atoms with van der Waals surface area (Å²) in [4.78, 5) is 10.3. The van der Waals surface area contributed by atoms with Crippen LogP contribution in [-0.2, 0) is 13.2 Å². The van der Waals surface area contributed by atoms with Crippen molar-refractivity contribution in [2.45, 2.75) is 13.2 Å². The van der Waals surface area contributed by atoms with Crippen molar-refractivity contribution in [3.05, 3.63) is 66.6 Å². The highest BCUT2D eigenvalue weighted by molar-refractivity contribution is 9.10. The fraction of sp³-hybridized carbons (Fsp3) is 0.143. The van der Waals surface area contributed by atoms with Gasteiger partial charge in [-0.05, 0) is 24.3 Å². The Labute approximate surface area is 138 Å². The predicted octanol–water partition coefficient (Wildman–Crippen LogP) is 4.16. The van der Waals surface area contributed by atoms with Gasteiger partial charge < -0.3 is 10.5 Å². The maximum absolute atomic E-state index is 10.7. The van der Waals surface area contributed by atoms with Crippen LogP contribution < -0.4 is 10.5 Å². The minimum absolute atomic E-state index is 0.0388. The van der Waals surface area contributed by atoms with Crippen LogP contribution in [-0.4, -0.2) is 4.92 Å². The second-order valence-corrected chi connectivity index (χ2v) is 6.05. The van der Waals surface area contributed by atoms with Gasteiger partial charge in [0.1, 0.15) is 12.4 Å². The van der Waals surface area contributed by atoms with E-state index in [0.29, 0.717) is 23.4 Å². The molecule has 2 N–H and O–H groups in total. The molecule has 0 amide bonds. The van der Waals surface area contributed by atoms with E-state index >= 15 is 0 Å². The minimum Gasteiger partial charge on any atom is -0.489 e. The topological polar surface area (TPSA) is 78.4 Å². The van der Waals surface area contributed by atoms with Crippen molar-refractivity contribution in [1.82, 2.24) is 0 Å². The molecule has 0 bridgehead atoms. The Kier molecular flexibility index (Phi) is 5.33. The van der Waals surface area contributed by atoms with Gasteiger partial charge in [0.15, 0.2) is 0 Å². The molecule has 0 aliphatic carbocycles. The van der Waals surface area contributed by atoms with Crippen LogP contribution in [0.15, 0.2) is 45.3 Å². The quantitative estimate of drug-likeness (QED) is 0.587. The number of hydrogen-bond acceptors (Lipinski definition) is 4. The monoisotopic (exact) mass is 414 g/mol. The largest absolute Gasteiger partial charge is 0.489 e. The van der Waals surface area contributed by atoms with E-state index in [4.69, 9.17) is 10.5 Å². The van der Waals surface area contributed by atoms with Crippen molar-refractivity contribution < 1.29 is 9.66 Å². The zero-order chi connectivity index (χ0) is 15.4. The first-order valence-corrected chi connectivity index (χ1v) is 7.64. The molecule has 0 fully saturated rings. The maximum atomic E-state index is 10.7. The lowest BCUT2D eigenvalue weighted by Gasteiger charge is -2.11. The van der Waals surface area contributed by atoms with E-state index in [9.17, 15) is 10.1 Å². The lowest BCUT2D eigenvalue weighted by atomic mass is 10.2. The first-order valence-electron chi connectivity index (χ1n) is 6.05. The molecule has 0 radical (unpaired) electrons. The summed E-state index contributed by atoms with van der Waals surface area (Å²) in [5, 5.41) is 10.7. The predicted molar refractivity (Wildman–Crippen MR) is 87.2 cm³/mol. The fourth-order valence-corrected chi connectivity index (χ4v) is 2.66. The van der Waals surface area contributed by atoms with Crippen LogP contribution in [0.25, 0.3) is 0 Å². The number of nitro benzene ring substituents is 1. The summed E-state index contributed by atoms with van der Waals surface area (Å²) in [7, 11) is 0. The summed E-state index contributed by atoms with van der Waals surface area (Å²) in [5.41, 5.74) is 7.44. The van der Waals surface area contributed by atoms with Gasteiger partial charge in [0.05, 0.1) is 4.92 Å².